The summed E-state index contributed by atoms with van der Waals surface area (Å²) in [5.74, 6) is 0.136. The minimum atomic E-state index is -4.95. The maximum absolute atomic E-state index is 13.0. The monoisotopic (exact) mass is 1320 g/mol. The van der Waals surface area contributed by atoms with E-state index in [-0.39, 0.29) is 25.7 Å². The molecule has 0 aromatic heterocycles. The van der Waals surface area contributed by atoms with Gasteiger partial charge in [-0.05, 0) is 43.4 Å². The summed E-state index contributed by atoms with van der Waals surface area (Å²) in [6, 6.07) is 0. The molecular weight excluding hydrogens is 1190 g/mol. The van der Waals surface area contributed by atoms with Crippen LogP contribution in [0.25, 0.3) is 0 Å². The molecule has 0 rings (SSSR count). The van der Waals surface area contributed by atoms with Crippen LogP contribution in [0, 0.1) is 17.8 Å². The number of unbranched alkanes of at least 4 members (excludes halogenated alkanes) is 36. The lowest BCUT2D eigenvalue weighted by Crippen LogP contribution is -2.30. The highest BCUT2D eigenvalue weighted by atomic mass is 31.2. The molecule has 0 fully saturated rings. The second-order valence-electron chi connectivity index (χ2n) is 26.8. The van der Waals surface area contributed by atoms with E-state index in [2.05, 4.69) is 48.5 Å². The van der Waals surface area contributed by atoms with Gasteiger partial charge >= 0.3 is 39.5 Å². The van der Waals surface area contributed by atoms with Crippen molar-refractivity contribution >= 4 is 39.5 Å². The molecule has 0 saturated heterocycles. The van der Waals surface area contributed by atoms with Gasteiger partial charge in [-0.25, -0.2) is 9.13 Å². The summed E-state index contributed by atoms with van der Waals surface area (Å²) < 4.78 is 68.3. The van der Waals surface area contributed by atoms with E-state index >= 15 is 0 Å². The van der Waals surface area contributed by atoms with Crippen LogP contribution in [-0.4, -0.2) is 96.7 Å². The molecule has 0 aromatic carbocycles. The minimum absolute atomic E-state index is 0.104. The van der Waals surface area contributed by atoms with Gasteiger partial charge in [-0.3, -0.25) is 37.3 Å². The molecular formula is C71H138O17P2. The quantitative estimate of drug-likeness (QED) is 0.0222. The summed E-state index contributed by atoms with van der Waals surface area (Å²) in [6.07, 6.45) is 45.7. The topological polar surface area (TPSA) is 237 Å². The number of phosphoric ester groups is 2. The number of aliphatic hydroxyl groups is 1. The summed E-state index contributed by atoms with van der Waals surface area (Å²) in [4.78, 5) is 72.6. The Balaban J connectivity index is 5.27. The highest BCUT2D eigenvalue weighted by molar-refractivity contribution is 7.47. The predicted octanol–water partition coefficient (Wildman–Crippen LogP) is 20.2. The zero-order valence-electron chi connectivity index (χ0n) is 58.6. The Bertz CT molecular complexity index is 1770. The number of carbonyl (C=O) groups is 4. The van der Waals surface area contributed by atoms with Crippen LogP contribution in [0.2, 0.25) is 0 Å². The van der Waals surface area contributed by atoms with Crippen molar-refractivity contribution in [3.05, 3.63) is 0 Å². The van der Waals surface area contributed by atoms with Gasteiger partial charge < -0.3 is 33.8 Å². The molecule has 0 amide bonds. The van der Waals surface area contributed by atoms with Crippen LogP contribution in [0.4, 0.5) is 0 Å². The zero-order valence-corrected chi connectivity index (χ0v) is 60.4. The van der Waals surface area contributed by atoms with Gasteiger partial charge in [-0.1, -0.05) is 305 Å². The van der Waals surface area contributed by atoms with E-state index in [1.165, 1.54) is 167 Å². The molecule has 6 atom stereocenters. The summed E-state index contributed by atoms with van der Waals surface area (Å²) in [6.45, 7) is 11.8. The molecule has 0 aliphatic rings. The van der Waals surface area contributed by atoms with E-state index in [0.717, 1.165) is 108 Å². The van der Waals surface area contributed by atoms with E-state index < -0.39 is 97.5 Å². The number of hydrogen-bond donors (Lipinski definition) is 3. The first-order chi connectivity index (χ1) is 43.3. The largest absolute Gasteiger partial charge is 0.472 e. The molecule has 0 spiro atoms. The summed E-state index contributed by atoms with van der Waals surface area (Å²) in [5, 5.41) is 10.6. The second kappa shape index (κ2) is 61.9. The molecule has 0 saturated carbocycles. The maximum atomic E-state index is 13.0. The first-order valence-corrected chi connectivity index (χ1v) is 39.9. The fourth-order valence-electron chi connectivity index (χ4n) is 10.7. The SMILES string of the molecule is CCCCCCCCCCCCCCCC(=O)OC[C@H](COP(=O)(O)OC[C@@H](O)COP(=O)(O)OC[C@@H](COC(=O)CCCCCCCCCCC(C)C)OC(=O)CCCCCCCCCCC(C)CC)OC(=O)CCCCCCCCCCCCCC(C)C. The Hall–Kier alpha value is -1.94. The molecule has 3 N–H and O–H groups in total. The Morgan fingerprint density at radius 1 is 0.322 bits per heavy atom. The van der Waals surface area contributed by atoms with Crippen LogP contribution >= 0.6 is 15.6 Å². The molecule has 0 bridgehead atoms. The van der Waals surface area contributed by atoms with Crippen LogP contribution in [0.5, 0.6) is 0 Å². The number of phosphoric acid groups is 2. The van der Waals surface area contributed by atoms with E-state index in [1.807, 2.05) is 0 Å². The highest BCUT2D eigenvalue weighted by Crippen LogP contribution is 2.45. The molecule has 17 nitrogen and oxygen atoms in total. The lowest BCUT2D eigenvalue weighted by atomic mass is 9.99. The van der Waals surface area contributed by atoms with Gasteiger partial charge in [0, 0.05) is 25.7 Å². The van der Waals surface area contributed by atoms with Crippen molar-refractivity contribution < 1.29 is 80.2 Å². The molecule has 0 radical (unpaired) electrons. The van der Waals surface area contributed by atoms with Crippen molar-refractivity contribution in [2.45, 2.75) is 375 Å². The van der Waals surface area contributed by atoms with Crippen LogP contribution in [0.3, 0.4) is 0 Å². The van der Waals surface area contributed by atoms with Gasteiger partial charge in [0.2, 0.25) is 0 Å². The average Bonchev–Trinajstić information content (AvgIpc) is 3.72. The third-order valence-electron chi connectivity index (χ3n) is 16.7. The lowest BCUT2D eigenvalue weighted by molar-refractivity contribution is -0.161. The number of carbonyl (C=O) groups excluding carboxylic acids is 4. The Kier molecular flexibility index (Phi) is 60.6. The van der Waals surface area contributed by atoms with E-state index in [4.69, 9.17) is 37.0 Å². The first kappa shape index (κ1) is 88.1. The third-order valence-corrected chi connectivity index (χ3v) is 18.6. The van der Waals surface area contributed by atoms with Gasteiger partial charge in [0.25, 0.3) is 0 Å². The molecule has 19 heteroatoms. The number of esters is 4. The standard InChI is InChI=1S/C71H138O17P2/c1-8-10-11-12-13-14-15-16-19-22-31-38-45-52-68(73)81-58-66(87-70(75)54-47-40-33-23-20-17-18-21-28-35-42-49-62(3)4)60-85-89(77,78)83-56-65(72)57-84-90(79,80)86-61-67(59-82-69(74)53-46-39-32-26-24-29-36-43-50-63(5)6)88-71(76)55-48-41-34-27-25-30-37-44-51-64(7)9-2/h62-67,72H,8-61H2,1-7H3,(H,77,78)(H,79,80)/t64?,65-,66-,67-/m1/s1. The van der Waals surface area contributed by atoms with Gasteiger partial charge in [0.05, 0.1) is 26.4 Å². The summed E-state index contributed by atoms with van der Waals surface area (Å²) in [7, 11) is -9.90. The van der Waals surface area contributed by atoms with Crippen molar-refractivity contribution in [2.24, 2.45) is 17.8 Å². The Labute approximate surface area is 549 Å². The smallest absolute Gasteiger partial charge is 0.462 e. The first-order valence-electron chi connectivity index (χ1n) is 36.9. The lowest BCUT2D eigenvalue weighted by Gasteiger charge is -2.21. The van der Waals surface area contributed by atoms with Crippen molar-refractivity contribution in [1.82, 2.24) is 0 Å². The fraction of sp³-hybridized carbons (Fsp3) is 0.944. The highest BCUT2D eigenvalue weighted by Gasteiger charge is 2.30. The van der Waals surface area contributed by atoms with E-state index in [1.54, 1.807) is 0 Å². The van der Waals surface area contributed by atoms with E-state index in [0.29, 0.717) is 25.7 Å². The molecule has 0 aromatic rings. The predicted molar refractivity (Wildman–Crippen MR) is 363 cm³/mol. The molecule has 534 valence electrons. The van der Waals surface area contributed by atoms with Gasteiger partial charge in [-0.2, -0.15) is 0 Å². The summed E-state index contributed by atoms with van der Waals surface area (Å²) in [5.41, 5.74) is 0. The normalized spacial score (nSPS) is 14.5. The fourth-order valence-corrected chi connectivity index (χ4v) is 12.3. The van der Waals surface area contributed by atoms with Gasteiger partial charge in [0.1, 0.15) is 19.3 Å². The number of hydrogen-bond acceptors (Lipinski definition) is 15. The molecule has 3 unspecified atom stereocenters. The minimum Gasteiger partial charge on any atom is -0.462 e. The van der Waals surface area contributed by atoms with Crippen molar-refractivity contribution in [1.29, 1.82) is 0 Å². The van der Waals surface area contributed by atoms with Crippen molar-refractivity contribution in [3.63, 3.8) is 0 Å². The maximum Gasteiger partial charge on any atom is 0.472 e. The Morgan fingerprint density at radius 3 is 0.844 bits per heavy atom. The third kappa shape index (κ3) is 63.5. The molecule has 0 aliphatic carbocycles. The van der Waals surface area contributed by atoms with Gasteiger partial charge in [0.15, 0.2) is 12.2 Å². The second-order valence-corrected chi connectivity index (χ2v) is 29.7. The number of ether oxygens (including phenoxy) is 4. The van der Waals surface area contributed by atoms with Crippen LogP contribution in [0.1, 0.15) is 357 Å². The van der Waals surface area contributed by atoms with Crippen molar-refractivity contribution in [3.8, 4) is 0 Å². The molecule has 90 heavy (non-hydrogen) atoms. The number of aliphatic hydroxyl groups excluding tert-OH is 1. The van der Waals surface area contributed by atoms with Crippen LogP contribution in [-0.2, 0) is 65.4 Å². The molecule has 0 heterocycles. The zero-order chi connectivity index (χ0) is 66.6. The molecule has 0 aliphatic heterocycles. The van der Waals surface area contributed by atoms with E-state index in [9.17, 15) is 43.2 Å². The van der Waals surface area contributed by atoms with Crippen LogP contribution < -0.4 is 0 Å². The van der Waals surface area contributed by atoms with Crippen LogP contribution in [0.15, 0.2) is 0 Å². The van der Waals surface area contributed by atoms with Gasteiger partial charge in [-0.15, -0.1) is 0 Å². The average molecular weight is 1330 g/mol. The van der Waals surface area contributed by atoms with Crippen molar-refractivity contribution in [2.75, 3.05) is 39.6 Å². The number of rotatable bonds is 69. The Morgan fingerprint density at radius 2 is 0.567 bits per heavy atom. The summed E-state index contributed by atoms with van der Waals surface area (Å²) >= 11 is 0.